The molecule has 0 unspecified atom stereocenters. The zero-order chi connectivity index (χ0) is 16.0. The Morgan fingerprint density at radius 2 is 2.10 bits per heavy atom. The Morgan fingerprint density at radius 1 is 1.43 bits per heavy atom. The van der Waals surface area contributed by atoms with E-state index in [4.69, 9.17) is 21.6 Å². The molecule has 0 radical (unpaired) electrons. The highest BCUT2D eigenvalue weighted by Crippen LogP contribution is 2.22. The van der Waals surface area contributed by atoms with Gasteiger partial charge in [-0.25, -0.2) is 17.5 Å². The number of hydrogen-bond acceptors (Lipinski definition) is 5. The van der Waals surface area contributed by atoms with Gasteiger partial charge in [0, 0.05) is 20.5 Å². The third kappa shape index (κ3) is 4.43. The number of benzene rings is 1. The van der Waals surface area contributed by atoms with Crippen molar-refractivity contribution >= 4 is 27.6 Å². The predicted octanol–water partition coefficient (Wildman–Crippen LogP) is 2.05. The molecule has 1 aromatic rings. The summed E-state index contributed by atoms with van der Waals surface area (Å²) in [5.41, 5.74) is -0.0171. The molecule has 0 saturated carbocycles. The van der Waals surface area contributed by atoms with Crippen LogP contribution in [0.3, 0.4) is 0 Å². The third-order valence-electron chi connectivity index (χ3n) is 2.60. The van der Waals surface area contributed by atoms with E-state index in [0.717, 1.165) is 4.31 Å². The fourth-order valence-corrected chi connectivity index (χ4v) is 2.55. The zero-order valence-electron chi connectivity index (χ0n) is 11.7. The van der Waals surface area contributed by atoms with Gasteiger partial charge in [-0.2, -0.15) is 5.26 Å². The van der Waals surface area contributed by atoms with Crippen LogP contribution in [0.15, 0.2) is 23.1 Å². The van der Waals surface area contributed by atoms with Crippen LogP contribution in [0.4, 0.5) is 0 Å². The lowest BCUT2D eigenvalue weighted by Gasteiger charge is -2.13. The molecule has 0 aliphatic carbocycles. The average molecular weight is 331 g/mol. The fourth-order valence-electron chi connectivity index (χ4n) is 1.43. The van der Waals surface area contributed by atoms with E-state index in [1.54, 1.807) is 0 Å². The maximum atomic E-state index is 12.0. The van der Waals surface area contributed by atoms with Crippen LogP contribution in [-0.2, 0) is 14.8 Å². The number of sulfonamides is 1. The molecule has 0 saturated heterocycles. The number of nitriles is 1. The molecule has 8 heteroatoms. The van der Waals surface area contributed by atoms with Crippen molar-refractivity contribution < 1.29 is 17.9 Å². The lowest BCUT2D eigenvalue weighted by Crippen LogP contribution is -2.22. The highest BCUT2D eigenvalue weighted by molar-refractivity contribution is 7.89. The molecule has 114 valence electrons. The average Bonchev–Trinajstić information content (AvgIpc) is 2.43. The molecule has 0 N–H and O–H groups in total. The van der Waals surface area contributed by atoms with Gasteiger partial charge < -0.3 is 4.74 Å². The highest BCUT2D eigenvalue weighted by Gasteiger charge is 2.21. The van der Waals surface area contributed by atoms with Crippen molar-refractivity contribution in [2.75, 3.05) is 20.7 Å². The van der Waals surface area contributed by atoms with Crippen LogP contribution in [0.2, 0.25) is 5.02 Å². The van der Waals surface area contributed by atoms with Gasteiger partial charge in [0.25, 0.3) is 0 Å². The Labute approximate surface area is 128 Å². The summed E-state index contributed by atoms with van der Waals surface area (Å²) in [4.78, 5) is 11.8. The van der Waals surface area contributed by atoms with E-state index < -0.39 is 16.0 Å². The van der Waals surface area contributed by atoms with Crippen molar-refractivity contribution in [3.63, 3.8) is 0 Å². The van der Waals surface area contributed by atoms with E-state index in [1.807, 2.05) is 6.07 Å². The number of carbonyl (C=O) groups excluding carboxylic acids is 1. The Morgan fingerprint density at radius 3 is 2.67 bits per heavy atom. The molecule has 0 fully saturated rings. The van der Waals surface area contributed by atoms with Crippen LogP contribution in [0, 0.1) is 11.3 Å². The summed E-state index contributed by atoms with van der Waals surface area (Å²) >= 11 is 5.90. The molecule has 0 aromatic heterocycles. The number of esters is 1. The Hall–Kier alpha value is -1.62. The quantitative estimate of drug-likeness (QED) is 0.588. The number of unbranched alkanes of at least 4 members (excludes halogenated alkanes) is 1. The maximum absolute atomic E-state index is 12.0. The van der Waals surface area contributed by atoms with Crippen molar-refractivity contribution in [1.29, 1.82) is 5.26 Å². The molecule has 0 aliphatic heterocycles. The molecular weight excluding hydrogens is 316 g/mol. The molecule has 1 aromatic carbocycles. The van der Waals surface area contributed by atoms with Crippen molar-refractivity contribution in [3.05, 3.63) is 28.8 Å². The topological polar surface area (TPSA) is 87.5 Å². The normalized spacial score (nSPS) is 11.2. The molecule has 21 heavy (non-hydrogen) atoms. The standard InChI is InChI=1S/C13H15ClN2O4S/c1-16(2)21(18,19)10-5-6-12(14)11(9-10)13(17)20-8-4-3-7-15/h5-6,9H,3-4,8H2,1-2H3. The summed E-state index contributed by atoms with van der Waals surface area (Å²) in [6.07, 6.45) is 0.686. The first kappa shape index (κ1) is 17.4. The largest absolute Gasteiger partial charge is 0.462 e. The molecule has 0 bridgehead atoms. The van der Waals surface area contributed by atoms with Gasteiger partial charge in [-0.05, 0) is 24.6 Å². The monoisotopic (exact) mass is 330 g/mol. The van der Waals surface area contributed by atoms with Crippen molar-refractivity contribution in [2.24, 2.45) is 0 Å². The van der Waals surface area contributed by atoms with E-state index in [1.165, 1.54) is 32.3 Å². The van der Waals surface area contributed by atoms with Gasteiger partial charge in [0.1, 0.15) is 0 Å². The first-order chi connectivity index (χ1) is 9.80. The smallest absolute Gasteiger partial charge is 0.339 e. The summed E-state index contributed by atoms with van der Waals surface area (Å²) in [6.45, 7) is 0.0768. The number of rotatable bonds is 6. The summed E-state index contributed by atoms with van der Waals surface area (Å²) in [6, 6.07) is 5.78. The number of carbonyl (C=O) groups is 1. The minimum Gasteiger partial charge on any atom is -0.462 e. The molecule has 0 atom stereocenters. The fraction of sp³-hybridized carbons (Fsp3) is 0.385. The van der Waals surface area contributed by atoms with E-state index >= 15 is 0 Å². The molecule has 0 heterocycles. The van der Waals surface area contributed by atoms with Gasteiger partial charge in [0.15, 0.2) is 0 Å². The van der Waals surface area contributed by atoms with Crippen LogP contribution in [0.5, 0.6) is 0 Å². The Kier molecular flexibility index (Phi) is 6.15. The van der Waals surface area contributed by atoms with Crippen molar-refractivity contribution in [3.8, 4) is 6.07 Å². The van der Waals surface area contributed by atoms with Crippen molar-refractivity contribution in [1.82, 2.24) is 4.31 Å². The van der Waals surface area contributed by atoms with Crippen molar-refractivity contribution in [2.45, 2.75) is 17.7 Å². The molecule has 1 rings (SSSR count). The van der Waals surface area contributed by atoms with E-state index in [2.05, 4.69) is 0 Å². The predicted molar refractivity (Wildman–Crippen MR) is 77.5 cm³/mol. The van der Waals surface area contributed by atoms with Gasteiger partial charge in [-0.15, -0.1) is 0 Å². The number of halogens is 1. The Balaban J connectivity index is 2.98. The minimum atomic E-state index is -3.65. The summed E-state index contributed by atoms with van der Waals surface area (Å²) in [5, 5.41) is 8.50. The second-order valence-electron chi connectivity index (χ2n) is 4.33. The van der Waals surface area contributed by atoms with Gasteiger partial charge in [0.2, 0.25) is 10.0 Å². The second-order valence-corrected chi connectivity index (χ2v) is 6.89. The van der Waals surface area contributed by atoms with E-state index in [0.29, 0.717) is 6.42 Å². The zero-order valence-corrected chi connectivity index (χ0v) is 13.2. The molecule has 0 spiro atoms. The van der Waals surface area contributed by atoms with E-state index in [-0.39, 0.29) is 28.5 Å². The summed E-state index contributed by atoms with van der Waals surface area (Å²) in [5.74, 6) is -0.714. The first-order valence-corrected chi connectivity index (χ1v) is 7.88. The number of ether oxygens (including phenoxy) is 1. The van der Waals surface area contributed by atoms with Gasteiger partial charge in [-0.1, -0.05) is 11.6 Å². The van der Waals surface area contributed by atoms with Gasteiger partial charge in [-0.3, -0.25) is 0 Å². The molecule has 0 aliphatic rings. The number of hydrogen-bond donors (Lipinski definition) is 0. The second kappa shape index (κ2) is 7.41. The lowest BCUT2D eigenvalue weighted by atomic mass is 10.2. The van der Waals surface area contributed by atoms with Crippen LogP contribution in [-0.4, -0.2) is 39.4 Å². The summed E-state index contributed by atoms with van der Waals surface area (Å²) in [7, 11) is -0.870. The summed E-state index contributed by atoms with van der Waals surface area (Å²) < 4.78 is 30.0. The van der Waals surface area contributed by atoms with E-state index in [9.17, 15) is 13.2 Å². The van der Waals surface area contributed by atoms with Crippen LogP contribution in [0.1, 0.15) is 23.2 Å². The van der Waals surface area contributed by atoms with Crippen LogP contribution < -0.4 is 0 Å². The maximum Gasteiger partial charge on any atom is 0.339 e. The Bertz CT molecular complexity index is 665. The lowest BCUT2D eigenvalue weighted by molar-refractivity contribution is 0.0501. The SMILES string of the molecule is CN(C)S(=O)(=O)c1ccc(Cl)c(C(=O)OCCCC#N)c1. The first-order valence-electron chi connectivity index (χ1n) is 6.07. The molecule has 0 amide bonds. The van der Waals surface area contributed by atoms with Gasteiger partial charge in [0.05, 0.1) is 28.2 Å². The molecular formula is C13H15ClN2O4S. The minimum absolute atomic E-state index is 0.0171. The molecule has 6 nitrogen and oxygen atoms in total. The van der Waals surface area contributed by atoms with Crippen LogP contribution in [0.25, 0.3) is 0 Å². The number of nitrogens with zero attached hydrogens (tertiary/aromatic N) is 2. The third-order valence-corrected chi connectivity index (χ3v) is 4.74. The van der Waals surface area contributed by atoms with Gasteiger partial charge >= 0.3 is 5.97 Å². The highest BCUT2D eigenvalue weighted by atomic mass is 35.5. The van der Waals surface area contributed by atoms with Crippen LogP contribution >= 0.6 is 11.6 Å².